The van der Waals surface area contributed by atoms with Gasteiger partial charge in [-0.3, -0.25) is 38.9 Å². The lowest BCUT2D eigenvalue weighted by Gasteiger charge is -2.46. The molecule has 3 heterocycles. The molecule has 12 rings (SSSR count). The van der Waals surface area contributed by atoms with Crippen molar-refractivity contribution in [2.45, 2.75) is 220 Å². The molecule has 6 aromatic carbocycles. The van der Waals surface area contributed by atoms with Crippen molar-refractivity contribution in [3.8, 4) is 0 Å². The Morgan fingerprint density at radius 1 is 0.458 bits per heavy atom. The number of rotatable bonds is 20. The highest BCUT2D eigenvalue weighted by Gasteiger charge is 2.56. The quantitative estimate of drug-likeness (QED) is 0.0317. The molecule has 3 unspecified atom stereocenters. The number of halogens is 7. The molecule has 0 radical (unpaired) electrons. The number of amides is 5. The maximum absolute atomic E-state index is 14.1. The minimum Gasteiger partial charge on any atom is -0.479 e. The molecule has 3 spiro atoms. The summed E-state index contributed by atoms with van der Waals surface area (Å²) < 4.78 is 4.47. The molecule has 6 aromatic rings. The monoisotopic (exact) mass is 1950 g/mol. The number of methoxy groups -OCH3 is 1. The molecule has 0 bridgehead atoms. The number of nitrogens with one attached hydrogen (secondary N) is 2. The number of carboxylic acids is 2. The van der Waals surface area contributed by atoms with E-state index in [4.69, 9.17) is 131 Å². The third-order valence-corrected chi connectivity index (χ3v) is 25.6. The highest BCUT2D eigenvalue weighted by Crippen LogP contribution is 2.53. The molecule has 3 fully saturated rings. The molecule has 6 aliphatic rings. The summed E-state index contributed by atoms with van der Waals surface area (Å²) in [6, 6.07) is 34.7. The van der Waals surface area contributed by atoms with Crippen LogP contribution in [-0.4, -0.2) is 197 Å². The Morgan fingerprint density at radius 3 is 0.885 bits per heavy atom. The Bertz CT molecular complexity index is 5040. The summed E-state index contributed by atoms with van der Waals surface area (Å²) in [6.07, 6.45) is 7.25. The van der Waals surface area contributed by atoms with E-state index in [1.54, 1.807) is 122 Å². The van der Waals surface area contributed by atoms with Crippen LogP contribution in [0.2, 0.25) is 30.1 Å². The van der Waals surface area contributed by atoms with Crippen LogP contribution >= 0.6 is 82.0 Å². The van der Waals surface area contributed by atoms with E-state index in [9.17, 15) is 53.7 Å². The van der Waals surface area contributed by atoms with Crippen molar-refractivity contribution in [1.82, 2.24) is 25.3 Å². The summed E-state index contributed by atoms with van der Waals surface area (Å²) in [6.45, 7) is 28.0. The summed E-state index contributed by atoms with van der Waals surface area (Å²) in [5.41, 5.74) is 14.5. The highest BCUT2D eigenvalue weighted by atomic mass is 35.5. The number of nitrogens with two attached hydrogens (primary N) is 2. The second kappa shape index (κ2) is 49.6. The van der Waals surface area contributed by atoms with Crippen LogP contribution in [0.1, 0.15) is 250 Å². The number of esters is 1. The number of hydrogen-bond acceptors (Lipinski definition) is 22. The topological polar surface area (TPSA) is 458 Å². The standard InChI is InChI=1S/C31H37Cl2N3O5.C30H35Cl2N3O5.C27H30Cl2N2O3.C3H9NO.C2H7NO.2CO2.ClH/c1-18(19-6-8-20(9-7-19)27(38)34-17-25(37)29(40)41-5)36-28(39)26(21-14-23(32)16-24(33)15-21)35-31(36)12-10-22(11-13-31)30(2,3)4;1-17(18-5-7-19(8-6-18)26(37)33-16-24(36)28(39)40)35-27(38)25(20-13-22(31)15-23(32)14-20)34-30(35)11-9-21(10-12-30)29(2,3)4;1-16(17-5-7-18(8-6-17)25(33)34)31-24(32)23(19-13-21(28)15-22(29)14-19)30-27(31)11-9-20(10-12-27)26(2,3)4;1-3(5)2-4;3-1-2-4;2*2-1-3;/h6-9,14-16,18,22,25,37H,10-13,17H2,1-5H3,(H,34,38);5-8,13-15,17,21,24,36H,9-12,16H2,1-4H3,(H,33,37)(H,39,40);5-8,13-16,20H,9-12H2,1-4H3,(H,33,34);3,5H,2,4H2,1H3;4H,1-3H2;;;1H/t18-,22?,25?,31?;17-,21?,24?,30?;16-,20?,27?;;;;;/m111...../s1. The van der Waals surface area contributed by atoms with E-state index in [1.807, 2.05) is 47.6 Å². The van der Waals surface area contributed by atoms with Gasteiger partial charge >= 0.3 is 30.2 Å². The minimum absolute atomic E-state index is 0. The van der Waals surface area contributed by atoms with E-state index in [1.165, 1.54) is 0 Å². The number of nitrogens with zero attached hydrogens (tertiary/aromatic N) is 6. The molecule has 3 aliphatic carbocycles. The van der Waals surface area contributed by atoms with Crippen molar-refractivity contribution < 1.29 is 92.9 Å². The lowest BCUT2D eigenvalue weighted by molar-refractivity contribution is -0.193. The van der Waals surface area contributed by atoms with Crippen molar-refractivity contribution in [3.63, 3.8) is 0 Å². The zero-order valence-corrected chi connectivity index (χ0v) is 81.2. The average molecular weight is 1950 g/mol. The molecule has 3 saturated carbocycles. The number of aliphatic imine (C=N–C) groups is 3. The first-order valence-corrected chi connectivity index (χ1v) is 44.8. The van der Waals surface area contributed by atoms with E-state index in [2.05, 4.69) is 77.7 Å². The second-order valence-corrected chi connectivity index (χ2v) is 38.6. The molecule has 0 aromatic heterocycles. The summed E-state index contributed by atoms with van der Waals surface area (Å²) in [4.78, 5) is 154. The molecule has 12 N–H and O–H groups in total. The lowest BCUT2D eigenvalue weighted by atomic mass is 9.69. The Labute approximate surface area is 800 Å². The van der Waals surface area contributed by atoms with Crippen LogP contribution in [0.5, 0.6) is 0 Å². The number of aliphatic carboxylic acids is 1. The summed E-state index contributed by atoms with van der Waals surface area (Å²) in [5.74, 6) is -3.07. The fourth-order valence-corrected chi connectivity index (χ4v) is 18.6. The van der Waals surface area contributed by atoms with Gasteiger partial charge in [-0.05, 0) is 246 Å². The van der Waals surface area contributed by atoms with Crippen LogP contribution in [0.3, 0.4) is 0 Å². The molecular weight excluding hydrogens is 1830 g/mol. The van der Waals surface area contributed by atoms with Gasteiger partial charge in [0.1, 0.15) is 34.1 Å². The third-order valence-electron chi connectivity index (χ3n) is 24.3. The van der Waals surface area contributed by atoms with Crippen LogP contribution in [0, 0.1) is 34.0 Å². The lowest BCUT2D eigenvalue weighted by Crippen LogP contribution is -2.50. The first-order valence-electron chi connectivity index (χ1n) is 42.5. The molecule has 3 aliphatic heterocycles. The highest BCUT2D eigenvalue weighted by molar-refractivity contribution is 6.49. The molecule has 6 atom stereocenters. The van der Waals surface area contributed by atoms with Gasteiger partial charge in [-0.15, -0.1) is 12.4 Å². The van der Waals surface area contributed by atoms with Crippen LogP contribution < -0.4 is 22.1 Å². The molecular formula is C95H119Cl7N10O19. The van der Waals surface area contributed by atoms with Gasteiger partial charge in [-0.2, -0.15) is 19.2 Å². The SMILES string of the molecule is CC(O)CN.COC(=O)C(O)CNC(=O)c1ccc([C@@H](C)N2C(=O)C(c3cc(Cl)cc(Cl)c3)=NC23CCC(C(C)(C)C)CC3)cc1.C[C@H](c1ccc(C(=O)NCC(O)C(=O)O)cc1)N1C(=O)C(c2cc(Cl)cc(Cl)c2)=NC12CCC(C(C)(C)C)CC2.C[C@H](c1ccc(C(=O)O)cc1)N1C(=O)C(c2cc(Cl)cc(Cl)c2)=NC12CCC(C(C)(C)C)CC2.Cl.NCCO.O=C=O.O=C=O. The first kappa shape index (κ1) is 112. The van der Waals surface area contributed by atoms with Crippen LogP contribution in [0.25, 0.3) is 0 Å². The Balaban J connectivity index is 0.000000322. The first-order chi connectivity index (χ1) is 60.9. The van der Waals surface area contributed by atoms with E-state index < -0.39 is 65.5 Å². The number of carbonyl (C=O) groups is 8. The number of ether oxygens (including phenoxy) is 1. The van der Waals surface area contributed by atoms with Crippen molar-refractivity contribution in [2.75, 3.05) is 39.9 Å². The van der Waals surface area contributed by atoms with Crippen LogP contribution in [-0.2, 0) is 47.9 Å². The van der Waals surface area contributed by atoms with Crippen molar-refractivity contribution in [3.05, 3.63) is 208 Å². The number of hydrogen-bond donors (Lipinski definition) is 10. The van der Waals surface area contributed by atoms with Gasteiger partial charge < -0.3 is 72.2 Å². The number of benzene rings is 6. The fourth-order valence-electron chi connectivity index (χ4n) is 17.0. The molecule has 131 heavy (non-hydrogen) atoms. The molecule has 0 saturated heterocycles. The average Bonchev–Trinajstić information content (AvgIpc) is 1.59. The number of carboxylic acid groups (broad SMARTS) is 2. The second-order valence-electron chi connectivity index (χ2n) is 36.0. The van der Waals surface area contributed by atoms with Crippen LogP contribution in [0.15, 0.2) is 142 Å². The molecule has 5 amide bonds. The summed E-state index contributed by atoms with van der Waals surface area (Å²) in [7, 11) is 1.16. The predicted octanol–water partition coefficient (Wildman–Crippen LogP) is 15.6. The Morgan fingerprint density at radius 2 is 0.687 bits per heavy atom. The number of carbonyl (C=O) groups excluding carboxylic acids is 10. The smallest absolute Gasteiger partial charge is 0.373 e. The van der Waals surface area contributed by atoms with Gasteiger partial charge in [-0.1, -0.05) is 168 Å². The normalized spacial score (nSPS) is 21.0. The summed E-state index contributed by atoms with van der Waals surface area (Å²) in [5, 5.41) is 60.8. The fraction of sp³-hybridized carbons (Fsp3) is 0.484. The third kappa shape index (κ3) is 29.8. The maximum atomic E-state index is 14.1. The van der Waals surface area contributed by atoms with Gasteiger partial charge in [0.05, 0.1) is 56.6 Å². The van der Waals surface area contributed by atoms with Gasteiger partial charge in [0.25, 0.3) is 29.5 Å². The number of aromatic carboxylic acids is 1. The van der Waals surface area contributed by atoms with Crippen molar-refractivity contribution >= 4 is 159 Å². The van der Waals surface area contributed by atoms with Gasteiger partial charge in [0, 0.05) is 71.0 Å². The Kier molecular flexibility index (Phi) is 42.4. The van der Waals surface area contributed by atoms with E-state index in [0.29, 0.717) is 106 Å². The van der Waals surface area contributed by atoms with E-state index in [-0.39, 0.29) is 102 Å². The molecule has 36 heteroatoms. The molecule has 29 nitrogen and oxygen atoms in total. The van der Waals surface area contributed by atoms with Crippen LogP contribution in [0.4, 0.5) is 0 Å². The van der Waals surface area contributed by atoms with Gasteiger partial charge in [-0.25, -0.2) is 14.4 Å². The van der Waals surface area contributed by atoms with Crippen molar-refractivity contribution in [2.24, 2.45) is 60.4 Å². The van der Waals surface area contributed by atoms with Crippen molar-refractivity contribution in [1.29, 1.82) is 0 Å². The zero-order valence-electron chi connectivity index (χ0n) is 75.8. The van der Waals surface area contributed by atoms with Gasteiger partial charge in [0.2, 0.25) is 0 Å². The minimum atomic E-state index is -1.68. The predicted molar refractivity (Wildman–Crippen MR) is 504 cm³/mol. The largest absolute Gasteiger partial charge is 0.479 e. The Hall–Kier alpha value is -9.36. The summed E-state index contributed by atoms with van der Waals surface area (Å²) >= 11 is 37.6. The molecule has 712 valence electrons. The maximum Gasteiger partial charge on any atom is 0.373 e. The number of aliphatic hydroxyl groups excluding tert-OH is 4. The number of aliphatic hydroxyl groups is 4. The van der Waals surface area contributed by atoms with E-state index >= 15 is 0 Å². The zero-order chi connectivity index (χ0) is 97.5. The van der Waals surface area contributed by atoms with E-state index in [0.717, 1.165) is 101 Å². The van der Waals surface area contributed by atoms with Gasteiger partial charge in [0.15, 0.2) is 12.2 Å².